The van der Waals surface area contributed by atoms with Gasteiger partial charge in [0.1, 0.15) is 0 Å². The molecular weight excluding hydrogens is 378 g/mol. The van der Waals surface area contributed by atoms with Crippen LogP contribution in [0.15, 0.2) is 53.8 Å². The van der Waals surface area contributed by atoms with Crippen LogP contribution in [-0.2, 0) is 11.8 Å². The van der Waals surface area contributed by atoms with E-state index in [0.717, 1.165) is 5.69 Å². The van der Waals surface area contributed by atoms with Crippen LogP contribution in [0.3, 0.4) is 0 Å². The standard InChI is InChI=1S/C18H19N7O2S/c1-12(15-5-3-4-10-19-15)20-17(27)13-6-8-14(9-7-13)21-16(26)11-28-18-22-23-24-25(18)2/h3-10,12H,11H2,1-2H3,(H,20,27)(H,21,26)/t12-/m1/s1. The molecule has 0 unspecified atom stereocenters. The van der Waals surface area contributed by atoms with Crippen molar-refractivity contribution in [1.29, 1.82) is 0 Å². The van der Waals surface area contributed by atoms with Gasteiger partial charge in [-0.2, -0.15) is 0 Å². The first-order valence-corrected chi connectivity index (χ1v) is 9.48. The molecule has 1 atom stereocenters. The zero-order valence-electron chi connectivity index (χ0n) is 15.4. The second kappa shape index (κ2) is 9.09. The largest absolute Gasteiger partial charge is 0.344 e. The van der Waals surface area contributed by atoms with Gasteiger partial charge in [-0.15, -0.1) is 5.10 Å². The van der Waals surface area contributed by atoms with Crippen LogP contribution in [0.25, 0.3) is 0 Å². The van der Waals surface area contributed by atoms with Gasteiger partial charge in [0.15, 0.2) is 0 Å². The number of hydrogen-bond donors (Lipinski definition) is 2. The third kappa shape index (κ3) is 5.13. The summed E-state index contributed by atoms with van der Waals surface area (Å²) in [4.78, 5) is 28.7. The zero-order chi connectivity index (χ0) is 19.9. The Kier molecular flexibility index (Phi) is 6.33. The quantitative estimate of drug-likeness (QED) is 0.585. The van der Waals surface area contributed by atoms with Crippen LogP contribution < -0.4 is 10.6 Å². The van der Waals surface area contributed by atoms with Crippen molar-refractivity contribution in [3.8, 4) is 0 Å². The van der Waals surface area contributed by atoms with E-state index in [1.54, 1.807) is 37.5 Å². The van der Waals surface area contributed by atoms with Crippen molar-refractivity contribution in [3.05, 3.63) is 59.9 Å². The SMILES string of the molecule is C[C@@H](NC(=O)c1ccc(NC(=O)CSc2nnnn2C)cc1)c1ccccn1. The van der Waals surface area contributed by atoms with Crippen LogP contribution >= 0.6 is 11.8 Å². The second-order valence-corrected chi connectivity index (χ2v) is 6.89. The Balaban J connectivity index is 1.52. The molecule has 3 rings (SSSR count). The number of rotatable bonds is 7. The fraction of sp³-hybridized carbons (Fsp3) is 0.222. The summed E-state index contributed by atoms with van der Waals surface area (Å²) in [5.74, 6) is -0.215. The molecule has 0 saturated heterocycles. The van der Waals surface area contributed by atoms with Crippen LogP contribution in [0.5, 0.6) is 0 Å². The normalized spacial score (nSPS) is 11.6. The van der Waals surface area contributed by atoms with Crippen LogP contribution in [0, 0.1) is 0 Å². The molecule has 1 aromatic carbocycles. The number of carbonyl (C=O) groups is 2. The van der Waals surface area contributed by atoms with Gasteiger partial charge in [-0.25, -0.2) is 4.68 Å². The third-order valence-corrected chi connectivity index (χ3v) is 4.83. The molecule has 144 valence electrons. The van der Waals surface area contributed by atoms with Gasteiger partial charge in [0, 0.05) is 24.5 Å². The maximum absolute atomic E-state index is 12.4. The summed E-state index contributed by atoms with van der Waals surface area (Å²) in [6, 6.07) is 12.1. The summed E-state index contributed by atoms with van der Waals surface area (Å²) < 4.78 is 1.50. The average molecular weight is 397 g/mol. The maximum atomic E-state index is 12.4. The van der Waals surface area contributed by atoms with E-state index in [0.29, 0.717) is 16.4 Å². The molecule has 0 aliphatic heterocycles. The van der Waals surface area contributed by atoms with Gasteiger partial charge in [0.2, 0.25) is 11.1 Å². The van der Waals surface area contributed by atoms with E-state index in [9.17, 15) is 9.59 Å². The molecule has 2 aromatic heterocycles. The molecule has 0 spiro atoms. The van der Waals surface area contributed by atoms with Crippen LogP contribution in [0.2, 0.25) is 0 Å². The molecule has 0 aliphatic rings. The Labute approximate surface area is 165 Å². The van der Waals surface area contributed by atoms with E-state index in [-0.39, 0.29) is 23.6 Å². The van der Waals surface area contributed by atoms with Crippen LogP contribution in [0.4, 0.5) is 5.69 Å². The summed E-state index contributed by atoms with van der Waals surface area (Å²) in [5, 5.41) is 17.3. The fourth-order valence-corrected chi connectivity index (χ4v) is 3.01. The summed E-state index contributed by atoms with van der Waals surface area (Å²) in [6.45, 7) is 1.87. The van der Waals surface area contributed by atoms with Crippen molar-refractivity contribution in [2.45, 2.75) is 18.1 Å². The van der Waals surface area contributed by atoms with Gasteiger partial charge in [0.05, 0.1) is 17.5 Å². The van der Waals surface area contributed by atoms with Gasteiger partial charge in [0.25, 0.3) is 5.91 Å². The number of nitrogens with zero attached hydrogens (tertiary/aromatic N) is 5. The summed E-state index contributed by atoms with van der Waals surface area (Å²) in [7, 11) is 1.71. The van der Waals surface area contributed by atoms with Gasteiger partial charge in [-0.05, 0) is 53.7 Å². The van der Waals surface area contributed by atoms with Crippen molar-refractivity contribution in [2.75, 3.05) is 11.1 Å². The molecule has 0 radical (unpaired) electrons. The lowest BCUT2D eigenvalue weighted by Gasteiger charge is -2.13. The number of aromatic nitrogens is 5. The minimum Gasteiger partial charge on any atom is -0.344 e. The highest BCUT2D eigenvalue weighted by Gasteiger charge is 2.13. The number of aryl methyl sites for hydroxylation is 1. The molecule has 28 heavy (non-hydrogen) atoms. The molecule has 2 N–H and O–H groups in total. The number of nitrogens with one attached hydrogen (secondary N) is 2. The molecule has 2 amide bonds. The lowest BCUT2D eigenvalue weighted by molar-refractivity contribution is -0.113. The monoisotopic (exact) mass is 397 g/mol. The van der Waals surface area contributed by atoms with Crippen LogP contribution in [0.1, 0.15) is 29.0 Å². The zero-order valence-corrected chi connectivity index (χ0v) is 16.2. The minimum absolute atomic E-state index is 0.179. The first kappa shape index (κ1) is 19.5. The summed E-state index contributed by atoms with van der Waals surface area (Å²) in [6.07, 6.45) is 1.69. The first-order valence-electron chi connectivity index (χ1n) is 8.50. The number of hydrogen-bond acceptors (Lipinski definition) is 7. The van der Waals surface area contributed by atoms with Gasteiger partial charge in [-0.3, -0.25) is 14.6 Å². The minimum atomic E-state index is -0.208. The van der Waals surface area contributed by atoms with Crippen molar-refractivity contribution in [2.24, 2.45) is 7.05 Å². The molecule has 0 bridgehead atoms. The van der Waals surface area contributed by atoms with E-state index in [1.165, 1.54) is 16.4 Å². The van der Waals surface area contributed by atoms with Crippen LogP contribution in [-0.4, -0.2) is 42.8 Å². The Bertz CT molecular complexity index is 944. The molecule has 10 heteroatoms. The lowest BCUT2D eigenvalue weighted by atomic mass is 10.1. The molecule has 0 fully saturated rings. The van der Waals surface area contributed by atoms with Crippen molar-refractivity contribution in [3.63, 3.8) is 0 Å². The number of benzene rings is 1. The van der Waals surface area contributed by atoms with Gasteiger partial charge < -0.3 is 10.6 Å². The van der Waals surface area contributed by atoms with E-state index in [2.05, 4.69) is 31.1 Å². The molecule has 0 aliphatic carbocycles. The molecule has 9 nitrogen and oxygen atoms in total. The van der Waals surface area contributed by atoms with Crippen molar-refractivity contribution >= 4 is 29.3 Å². The van der Waals surface area contributed by atoms with E-state index in [4.69, 9.17) is 0 Å². The molecular formula is C18H19N7O2S. The highest BCUT2D eigenvalue weighted by Crippen LogP contribution is 2.15. The first-order chi connectivity index (χ1) is 13.5. The predicted octanol–water partition coefficient (Wildman–Crippen LogP) is 1.83. The number of anilines is 1. The Morgan fingerprint density at radius 3 is 2.61 bits per heavy atom. The Morgan fingerprint density at radius 1 is 1.18 bits per heavy atom. The Morgan fingerprint density at radius 2 is 1.96 bits per heavy atom. The predicted molar refractivity (Wildman–Crippen MR) is 105 cm³/mol. The molecule has 0 saturated carbocycles. The number of tetrazole rings is 1. The highest BCUT2D eigenvalue weighted by atomic mass is 32.2. The van der Waals surface area contributed by atoms with E-state index < -0.39 is 0 Å². The smallest absolute Gasteiger partial charge is 0.251 e. The second-order valence-electron chi connectivity index (χ2n) is 5.95. The third-order valence-electron chi connectivity index (χ3n) is 3.82. The number of pyridine rings is 1. The van der Waals surface area contributed by atoms with Crippen molar-refractivity contribution in [1.82, 2.24) is 30.5 Å². The van der Waals surface area contributed by atoms with Gasteiger partial charge >= 0.3 is 0 Å². The number of thioether (sulfide) groups is 1. The van der Waals surface area contributed by atoms with E-state index in [1.807, 2.05) is 25.1 Å². The van der Waals surface area contributed by atoms with Gasteiger partial charge in [-0.1, -0.05) is 17.8 Å². The average Bonchev–Trinajstić information content (AvgIpc) is 3.12. The molecule has 2 heterocycles. The van der Waals surface area contributed by atoms with E-state index >= 15 is 0 Å². The van der Waals surface area contributed by atoms with Crippen molar-refractivity contribution < 1.29 is 9.59 Å². The molecule has 3 aromatic rings. The topological polar surface area (TPSA) is 115 Å². The summed E-state index contributed by atoms with van der Waals surface area (Å²) >= 11 is 1.24. The Hall–Kier alpha value is -3.27. The maximum Gasteiger partial charge on any atom is 0.251 e. The lowest BCUT2D eigenvalue weighted by Crippen LogP contribution is -2.27. The summed E-state index contributed by atoms with van der Waals surface area (Å²) in [5.41, 5.74) is 1.90. The number of amides is 2. The number of carbonyl (C=O) groups excluding carboxylic acids is 2. The highest BCUT2D eigenvalue weighted by molar-refractivity contribution is 7.99. The fourth-order valence-electron chi connectivity index (χ4n) is 2.36.